The Morgan fingerprint density at radius 1 is 0.704 bits per heavy atom. The van der Waals surface area contributed by atoms with E-state index in [9.17, 15) is 0 Å². The van der Waals surface area contributed by atoms with E-state index in [-0.39, 0.29) is 0 Å². The Kier molecular flexibility index (Phi) is 8.61. The molecule has 0 atom stereocenters. The fourth-order valence-electron chi connectivity index (χ4n) is 5.53. The minimum Gasteiger partial charge on any atom is -0.241 e. The molecule has 2 aliphatic rings. The number of nitrogens with zero attached hydrogens (tertiary/aromatic N) is 2. The summed E-state index contributed by atoms with van der Waals surface area (Å²) in [5.41, 5.74) is 1.39. The van der Waals surface area contributed by atoms with Crippen molar-refractivity contribution in [1.82, 2.24) is 9.97 Å². The SMILES string of the molecule is CCCC[C@H]1CC[C@H](CCc2ncc([C@H]3CC[C@H](CCC)CC3)cn2)CC1. The maximum absolute atomic E-state index is 4.74. The van der Waals surface area contributed by atoms with Crippen LogP contribution in [0.2, 0.25) is 0 Å². The predicted octanol–water partition coefficient (Wildman–Crippen LogP) is 7.48. The van der Waals surface area contributed by atoms with Crippen LogP contribution < -0.4 is 0 Å². The lowest BCUT2D eigenvalue weighted by Crippen LogP contribution is -2.16. The Balaban J connectivity index is 1.37. The highest BCUT2D eigenvalue weighted by molar-refractivity contribution is 5.13. The first-order chi connectivity index (χ1) is 13.3. The van der Waals surface area contributed by atoms with Crippen LogP contribution in [0.3, 0.4) is 0 Å². The van der Waals surface area contributed by atoms with Gasteiger partial charge in [-0.1, -0.05) is 71.6 Å². The lowest BCUT2D eigenvalue weighted by molar-refractivity contribution is 0.249. The Hall–Kier alpha value is -0.920. The molecule has 2 fully saturated rings. The van der Waals surface area contributed by atoms with Crippen molar-refractivity contribution < 1.29 is 0 Å². The first-order valence-corrected chi connectivity index (χ1v) is 12.1. The van der Waals surface area contributed by atoms with Crippen molar-refractivity contribution in [2.45, 2.75) is 116 Å². The van der Waals surface area contributed by atoms with E-state index in [0.29, 0.717) is 5.92 Å². The van der Waals surface area contributed by atoms with Crippen molar-refractivity contribution in [3.8, 4) is 0 Å². The van der Waals surface area contributed by atoms with Gasteiger partial charge in [-0.15, -0.1) is 0 Å². The van der Waals surface area contributed by atoms with Gasteiger partial charge in [0.1, 0.15) is 5.82 Å². The van der Waals surface area contributed by atoms with Crippen molar-refractivity contribution >= 4 is 0 Å². The molecule has 1 aromatic rings. The topological polar surface area (TPSA) is 25.8 Å². The van der Waals surface area contributed by atoms with Crippen LogP contribution in [0.15, 0.2) is 12.4 Å². The Bertz CT molecular complexity index is 508. The monoisotopic (exact) mass is 370 g/mol. The molecule has 1 heterocycles. The van der Waals surface area contributed by atoms with Crippen LogP contribution in [-0.2, 0) is 6.42 Å². The molecular weight excluding hydrogens is 328 g/mol. The zero-order valence-corrected chi connectivity index (χ0v) is 18.0. The lowest BCUT2D eigenvalue weighted by Gasteiger charge is -2.28. The molecule has 0 radical (unpaired) electrons. The molecule has 0 N–H and O–H groups in total. The Morgan fingerprint density at radius 3 is 1.85 bits per heavy atom. The minimum atomic E-state index is 0.713. The molecule has 2 saturated carbocycles. The second kappa shape index (κ2) is 11.2. The zero-order chi connectivity index (χ0) is 18.9. The van der Waals surface area contributed by atoms with Gasteiger partial charge in [0.15, 0.2) is 0 Å². The molecule has 0 aromatic carbocycles. The third kappa shape index (κ3) is 6.57. The van der Waals surface area contributed by atoms with E-state index in [0.717, 1.165) is 30.0 Å². The highest BCUT2D eigenvalue weighted by atomic mass is 14.9. The number of aryl methyl sites for hydroxylation is 1. The van der Waals surface area contributed by atoms with Crippen LogP contribution in [0.1, 0.15) is 121 Å². The molecular formula is C25H42N2. The first-order valence-electron chi connectivity index (χ1n) is 12.1. The fourth-order valence-corrected chi connectivity index (χ4v) is 5.53. The van der Waals surface area contributed by atoms with E-state index in [4.69, 9.17) is 9.97 Å². The summed E-state index contributed by atoms with van der Waals surface area (Å²) < 4.78 is 0. The quantitative estimate of drug-likeness (QED) is 0.450. The molecule has 1 aromatic heterocycles. The van der Waals surface area contributed by atoms with Crippen LogP contribution in [0, 0.1) is 17.8 Å². The maximum atomic E-state index is 4.74. The standard InChI is InChI=1S/C25H42N2/c1-3-5-7-21-8-10-22(11-9-21)14-17-25-26-18-24(19-27-25)23-15-12-20(6-4-2)13-16-23/h18-23H,3-17H2,1-2H3/t20-,21-,22-,23-. The fraction of sp³-hybridized carbons (Fsp3) is 0.840. The smallest absolute Gasteiger partial charge is 0.128 e. The van der Waals surface area contributed by atoms with Crippen molar-refractivity contribution in [3.05, 3.63) is 23.8 Å². The summed E-state index contributed by atoms with van der Waals surface area (Å²) in [6.07, 6.45) is 25.0. The van der Waals surface area contributed by atoms with Gasteiger partial charge in [0.05, 0.1) is 0 Å². The molecule has 2 nitrogen and oxygen atoms in total. The van der Waals surface area contributed by atoms with Gasteiger partial charge in [0, 0.05) is 18.8 Å². The molecule has 0 spiro atoms. The largest absolute Gasteiger partial charge is 0.241 e. The van der Waals surface area contributed by atoms with E-state index in [1.54, 1.807) is 0 Å². The predicted molar refractivity (Wildman–Crippen MR) is 115 cm³/mol. The summed E-state index contributed by atoms with van der Waals surface area (Å²) in [7, 11) is 0. The highest BCUT2D eigenvalue weighted by Gasteiger charge is 2.23. The van der Waals surface area contributed by atoms with Crippen LogP contribution >= 0.6 is 0 Å². The molecule has 0 amide bonds. The van der Waals surface area contributed by atoms with Gasteiger partial charge >= 0.3 is 0 Å². The number of rotatable bonds is 9. The van der Waals surface area contributed by atoms with Gasteiger partial charge < -0.3 is 0 Å². The van der Waals surface area contributed by atoms with Gasteiger partial charge in [-0.25, -0.2) is 9.97 Å². The minimum absolute atomic E-state index is 0.713. The van der Waals surface area contributed by atoms with Gasteiger partial charge in [-0.2, -0.15) is 0 Å². The third-order valence-corrected chi connectivity index (χ3v) is 7.45. The second-order valence-electron chi connectivity index (χ2n) is 9.51. The summed E-state index contributed by atoms with van der Waals surface area (Å²) in [5, 5.41) is 0. The normalized spacial score (nSPS) is 29.0. The van der Waals surface area contributed by atoms with Crippen molar-refractivity contribution in [2.75, 3.05) is 0 Å². The number of hydrogen-bond donors (Lipinski definition) is 0. The third-order valence-electron chi connectivity index (χ3n) is 7.45. The Morgan fingerprint density at radius 2 is 1.26 bits per heavy atom. The molecule has 3 rings (SSSR count). The highest BCUT2D eigenvalue weighted by Crippen LogP contribution is 2.37. The van der Waals surface area contributed by atoms with Gasteiger partial charge in [0.2, 0.25) is 0 Å². The lowest BCUT2D eigenvalue weighted by atomic mass is 9.78. The number of unbranched alkanes of at least 4 members (excludes halogenated alkanes) is 1. The van der Waals surface area contributed by atoms with Gasteiger partial charge in [0.25, 0.3) is 0 Å². The van der Waals surface area contributed by atoms with Crippen LogP contribution in [-0.4, -0.2) is 9.97 Å². The summed E-state index contributed by atoms with van der Waals surface area (Å²) in [5.74, 6) is 4.70. The van der Waals surface area contributed by atoms with Crippen LogP contribution in [0.25, 0.3) is 0 Å². The summed E-state index contributed by atoms with van der Waals surface area (Å²) in [4.78, 5) is 9.48. The molecule has 2 heteroatoms. The maximum Gasteiger partial charge on any atom is 0.128 e. The summed E-state index contributed by atoms with van der Waals surface area (Å²) >= 11 is 0. The average Bonchev–Trinajstić information content (AvgIpc) is 2.73. The van der Waals surface area contributed by atoms with E-state index < -0.39 is 0 Å². The first kappa shape index (κ1) is 20.8. The Labute approximate surface area is 168 Å². The van der Waals surface area contributed by atoms with Gasteiger partial charge in [-0.05, 0) is 61.3 Å². The summed E-state index contributed by atoms with van der Waals surface area (Å²) in [6, 6.07) is 0. The molecule has 0 aliphatic heterocycles. The summed E-state index contributed by atoms with van der Waals surface area (Å²) in [6.45, 7) is 4.63. The van der Waals surface area contributed by atoms with Crippen molar-refractivity contribution in [2.24, 2.45) is 17.8 Å². The van der Waals surface area contributed by atoms with E-state index >= 15 is 0 Å². The molecule has 2 aliphatic carbocycles. The molecule has 152 valence electrons. The zero-order valence-electron chi connectivity index (χ0n) is 18.0. The van der Waals surface area contributed by atoms with Crippen LogP contribution in [0.4, 0.5) is 0 Å². The van der Waals surface area contributed by atoms with E-state index in [1.165, 1.54) is 95.5 Å². The molecule has 0 saturated heterocycles. The van der Waals surface area contributed by atoms with Gasteiger partial charge in [-0.3, -0.25) is 0 Å². The van der Waals surface area contributed by atoms with Crippen molar-refractivity contribution in [1.29, 1.82) is 0 Å². The van der Waals surface area contributed by atoms with E-state index in [1.807, 2.05) is 0 Å². The average molecular weight is 371 g/mol. The van der Waals surface area contributed by atoms with Crippen LogP contribution in [0.5, 0.6) is 0 Å². The molecule has 27 heavy (non-hydrogen) atoms. The van der Waals surface area contributed by atoms with Crippen molar-refractivity contribution in [3.63, 3.8) is 0 Å². The molecule has 0 bridgehead atoms. The number of aromatic nitrogens is 2. The number of hydrogen-bond acceptors (Lipinski definition) is 2. The van der Waals surface area contributed by atoms with E-state index in [2.05, 4.69) is 26.2 Å². The second-order valence-corrected chi connectivity index (χ2v) is 9.51. The molecule has 0 unspecified atom stereocenters.